The average molecular weight is 261 g/mol. The summed E-state index contributed by atoms with van der Waals surface area (Å²) in [6.07, 6.45) is 0. The number of phenols is 1. The Bertz CT molecular complexity index is 613. The molecule has 0 unspecified atom stereocenters. The van der Waals surface area contributed by atoms with Crippen LogP contribution in [0.2, 0.25) is 5.02 Å². The van der Waals surface area contributed by atoms with Gasteiger partial charge in [-0.05, 0) is 41.0 Å². The van der Waals surface area contributed by atoms with Gasteiger partial charge in [0.25, 0.3) is 0 Å². The first kappa shape index (κ1) is 11.5. The fraction of sp³-hybridized carbons (Fsp3) is 0.143. The summed E-state index contributed by atoms with van der Waals surface area (Å²) in [6.45, 7) is 1.52. The molecule has 0 atom stereocenters. The second-order valence-electron chi connectivity index (χ2n) is 4.55. The summed E-state index contributed by atoms with van der Waals surface area (Å²) in [6, 6.07) is 11.2. The van der Waals surface area contributed by atoms with Crippen molar-refractivity contribution in [2.24, 2.45) is 5.84 Å². The van der Waals surface area contributed by atoms with Gasteiger partial charge >= 0.3 is 0 Å². The first-order valence-corrected chi connectivity index (χ1v) is 6.11. The smallest absolute Gasteiger partial charge is 0.123 e. The lowest BCUT2D eigenvalue weighted by atomic mass is 10.00. The number of nitrogens with two attached hydrogens (primary N) is 1. The number of phenolic OH excluding ortho intramolecular Hbond substituents is 1. The highest BCUT2D eigenvalue weighted by Crippen LogP contribution is 2.34. The predicted molar refractivity (Wildman–Crippen MR) is 72.0 cm³/mol. The molecule has 0 radical (unpaired) electrons. The number of halogens is 1. The Hall–Kier alpha value is -1.55. The number of rotatable bonds is 1. The van der Waals surface area contributed by atoms with E-state index in [2.05, 4.69) is 12.1 Å². The van der Waals surface area contributed by atoms with Crippen LogP contribution in [0.5, 0.6) is 5.75 Å². The molecule has 3 N–H and O–H groups in total. The minimum atomic E-state index is 0.238. The molecule has 2 aromatic carbocycles. The van der Waals surface area contributed by atoms with Gasteiger partial charge in [0.05, 0.1) is 0 Å². The minimum absolute atomic E-state index is 0.238. The minimum Gasteiger partial charge on any atom is -0.507 e. The Kier molecular flexibility index (Phi) is 2.74. The van der Waals surface area contributed by atoms with Gasteiger partial charge in [-0.25, -0.2) is 5.01 Å². The van der Waals surface area contributed by atoms with Gasteiger partial charge in [0.15, 0.2) is 0 Å². The number of hydrazine groups is 1. The van der Waals surface area contributed by atoms with Crippen LogP contribution in [-0.2, 0) is 13.1 Å². The maximum absolute atomic E-state index is 9.90. The maximum Gasteiger partial charge on any atom is 0.123 e. The van der Waals surface area contributed by atoms with Gasteiger partial charge in [-0.15, -0.1) is 0 Å². The number of fused-ring (bicyclic) bond motifs is 1. The number of nitrogens with zero attached hydrogens (tertiary/aromatic N) is 1. The van der Waals surface area contributed by atoms with Crippen molar-refractivity contribution in [1.29, 1.82) is 0 Å². The Morgan fingerprint density at radius 1 is 1.06 bits per heavy atom. The predicted octanol–water partition coefficient (Wildman–Crippen LogP) is 2.90. The SMILES string of the molecule is NN1Cc2ccc(-c3cc(Cl)ccc3O)cc2C1. The summed E-state index contributed by atoms with van der Waals surface area (Å²) < 4.78 is 0. The molecular weight excluding hydrogens is 248 g/mol. The third kappa shape index (κ3) is 1.97. The van der Waals surface area contributed by atoms with Gasteiger partial charge in [-0.3, -0.25) is 5.84 Å². The van der Waals surface area contributed by atoms with Crippen LogP contribution < -0.4 is 5.84 Å². The van der Waals surface area contributed by atoms with Crippen LogP contribution in [0.1, 0.15) is 11.1 Å². The Balaban J connectivity index is 2.08. The topological polar surface area (TPSA) is 49.5 Å². The van der Waals surface area contributed by atoms with E-state index >= 15 is 0 Å². The van der Waals surface area contributed by atoms with Crippen molar-refractivity contribution in [1.82, 2.24) is 5.01 Å². The molecule has 0 fully saturated rings. The molecule has 0 amide bonds. The first-order valence-electron chi connectivity index (χ1n) is 5.74. The first-order chi connectivity index (χ1) is 8.63. The molecular formula is C14H13ClN2O. The molecule has 0 saturated heterocycles. The van der Waals surface area contributed by atoms with Crippen LogP contribution in [0.15, 0.2) is 36.4 Å². The summed E-state index contributed by atoms with van der Waals surface area (Å²) in [5.74, 6) is 6.03. The summed E-state index contributed by atoms with van der Waals surface area (Å²) in [4.78, 5) is 0. The van der Waals surface area contributed by atoms with Gasteiger partial charge in [-0.1, -0.05) is 23.7 Å². The second kappa shape index (κ2) is 4.28. The molecule has 2 aromatic rings. The van der Waals surface area contributed by atoms with Crippen molar-refractivity contribution in [2.75, 3.05) is 0 Å². The lowest BCUT2D eigenvalue weighted by molar-refractivity contribution is 0.295. The molecule has 3 nitrogen and oxygen atoms in total. The molecule has 0 saturated carbocycles. The van der Waals surface area contributed by atoms with Gasteiger partial charge in [0.2, 0.25) is 0 Å². The largest absolute Gasteiger partial charge is 0.507 e. The lowest BCUT2D eigenvalue weighted by Gasteiger charge is -2.07. The second-order valence-corrected chi connectivity index (χ2v) is 4.99. The fourth-order valence-corrected chi connectivity index (χ4v) is 2.50. The van der Waals surface area contributed by atoms with E-state index in [1.807, 2.05) is 6.07 Å². The monoisotopic (exact) mass is 260 g/mol. The van der Waals surface area contributed by atoms with Crippen molar-refractivity contribution in [2.45, 2.75) is 13.1 Å². The summed E-state index contributed by atoms with van der Waals surface area (Å²) in [5, 5.41) is 12.3. The van der Waals surface area contributed by atoms with E-state index in [0.717, 1.165) is 24.2 Å². The third-order valence-corrected chi connectivity index (χ3v) is 3.46. The van der Waals surface area contributed by atoms with E-state index in [4.69, 9.17) is 17.4 Å². The molecule has 1 aliphatic rings. The van der Waals surface area contributed by atoms with Crippen molar-refractivity contribution in [3.8, 4) is 16.9 Å². The fourth-order valence-electron chi connectivity index (χ4n) is 2.33. The van der Waals surface area contributed by atoms with Crippen LogP contribution >= 0.6 is 11.6 Å². The van der Waals surface area contributed by atoms with Crippen LogP contribution in [0.3, 0.4) is 0 Å². The van der Waals surface area contributed by atoms with E-state index in [1.165, 1.54) is 11.1 Å². The van der Waals surface area contributed by atoms with Crippen LogP contribution in [0.25, 0.3) is 11.1 Å². The van der Waals surface area contributed by atoms with Crippen molar-refractivity contribution < 1.29 is 5.11 Å². The normalized spacial score (nSPS) is 14.8. The van der Waals surface area contributed by atoms with Crippen LogP contribution in [0.4, 0.5) is 0 Å². The van der Waals surface area contributed by atoms with Gasteiger partial charge in [-0.2, -0.15) is 0 Å². The standard InChI is InChI=1S/C14H13ClN2O/c15-12-3-4-14(18)13(6-12)9-1-2-10-7-17(16)8-11(10)5-9/h1-6,18H,7-8,16H2. The van der Waals surface area contributed by atoms with Crippen LogP contribution in [-0.4, -0.2) is 10.1 Å². The number of aromatic hydroxyl groups is 1. The quantitative estimate of drug-likeness (QED) is 0.775. The Labute approximate surface area is 110 Å². The van der Waals surface area contributed by atoms with E-state index in [9.17, 15) is 5.11 Å². The Morgan fingerprint density at radius 3 is 2.67 bits per heavy atom. The molecule has 0 aliphatic carbocycles. The average Bonchev–Trinajstić information content (AvgIpc) is 2.71. The molecule has 4 heteroatoms. The zero-order valence-corrected chi connectivity index (χ0v) is 10.5. The summed E-state index contributed by atoms with van der Waals surface area (Å²) >= 11 is 5.97. The molecule has 0 bridgehead atoms. The number of benzene rings is 2. The van der Waals surface area contributed by atoms with Crippen molar-refractivity contribution >= 4 is 11.6 Å². The van der Waals surface area contributed by atoms with Crippen molar-refractivity contribution in [3.05, 3.63) is 52.5 Å². The van der Waals surface area contributed by atoms with E-state index < -0.39 is 0 Å². The number of hydrogen-bond donors (Lipinski definition) is 2. The molecule has 0 spiro atoms. The zero-order valence-electron chi connectivity index (χ0n) is 9.73. The van der Waals surface area contributed by atoms with Gasteiger partial charge in [0.1, 0.15) is 5.75 Å². The van der Waals surface area contributed by atoms with Crippen LogP contribution in [0, 0.1) is 0 Å². The molecule has 18 heavy (non-hydrogen) atoms. The molecule has 1 heterocycles. The van der Waals surface area contributed by atoms with E-state index in [-0.39, 0.29) is 5.75 Å². The highest BCUT2D eigenvalue weighted by atomic mass is 35.5. The highest BCUT2D eigenvalue weighted by Gasteiger charge is 2.17. The van der Waals surface area contributed by atoms with E-state index in [0.29, 0.717) is 5.02 Å². The molecule has 3 rings (SSSR count). The summed E-state index contributed by atoms with van der Waals surface area (Å²) in [7, 11) is 0. The third-order valence-electron chi connectivity index (χ3n) is 3.22. The molecule has 1 aliphatic heterocycles. The lowest BCUT2D eigenvalue weighted by Crippen LogP contribution is -2.23. The van der Waals surface area contributed by atoms with Gasteiger partial charge < -0.3 is 5.11 Å². The van der Waals surface area contributed by atoms with Gasteiger partial charge in [0, 0.05) is 23.7 Å². The Morgan fingerprint density at radius 2 is 1.83 bits per heavy atom. The summed E-state index contributed by atoms with van der Waals surface area (Å²) in [5.41, 5.74) is 4.15. The van der Waals surface area contributed by atoms with Crippen molar-refractivity contribution in [3.63, 3.8) is 0 Å². The molecule has 92 valence electrons. The zero-order chi connectivity index (χ0) is 12.7. The maximum atomic E-state index is 9.90. The van der Waals surface area contributed by atoms with E-state index in [1.54, 1.807) is 23.2 Å². The number of hydrogen-bond acceptors (Lipinski definition) is 3. The molecule has 0 aromatic heterocycles. The highest BCUT2D eigenvalue weighted by molar-refractivity contribution is 6.31.